The lowest BCUT2D eigenvalue weighted by Gasteiger charge is -2.48. The molecule has 3 saturated heterocycles. The lowest BCUT2D eigenvalue weighted by Crippen LogP contribution is -2.59. The fraction of sp³-hybridized carbons (Fsp3) is 0.842. The first-order valence-electron chi connectivity index (χ1n) is 10.2. The standard InChI is InChI=1S/C19H32N4O2S/c1-2-6-23(7-3-1)19(4-10-24-11-5-19)16-20-14-17-15-21-18(26-17)22-8-12-25-13-9-22/h15,20H,1-14,16H2. The third-order valence-corrected chi connectivity index (χ3v) is 7.08. The van der Waals surface area contributed by atoms with Crippen LogP contribution in [0.25, 0.3) is 0 Å². The number of anilines is 1. The molecule has 4 rings (SSSR count). The predicted molar refractivity (Wildman–Crippen MR) is 105 cm³/mol. The summed E-state index contributed by atoms with van der Waals surface area (Å²) in [6.07, 6.45) is 8.44. The molecular weight excluding hydrogens is 348 g/mol. The first kappa shape index (κ1) is 18.6. The molecule has 3 aliphatic rings. The van der Waals surface area contributed by atoms with Crippen molar-refractivity contribution in [3.05, 3.63) is 11.1 Å². The monoisotopic (exact) mass is 380 g/mol. The average Bonchev–Trinajstić information content (AvgIpc) is 3.19. The van der Waals surface area contributed by atoms with Crippen LogP contribution in [-0.4, -0.2) is 74.6 Å². The maximum Gasteiger partial charge on any atom is 0.185 e. The molecule has 1 N–H and O–H groups in total. The van der Waals surface area contributed by atoms with Crippen LogP contribution in [0.4, 0.5) is 5.13 Å². The smallest absolute Gasteiger partial charge is 0.185 e. The lowest BCUT2D eigenvalue weighted by atomic mass is 9.86. The summed E-state index contributed by atoms with van der Waals surface area (Å²) < 4.78 is 11.1. The van der Waals surface area contributed by atoms with E-state index >= 15 is 0 Å². The molecule has 3 aliphatic heterocycles. The molecule has 1 aromatic heterocycles. The van der Waals surface area contributed by atoms with Crippen LogP contribution in [0.1, 0.15) is 37.0 Å². The van der Waals surface area contributed by atoms with Gasteiger partial charge in [-0.05, 0) is 38.8 Å². The van der Waals surface area contributed by atoms with E-state index in [4.69, 9.17) is 9.47 Å². The quantitative estimate of drug-likeness (QED) is 0.816. The van der Waals surface area contributed by atoms with Gasteiger partial charge in [-0.15, -0.1) is 11.3 Å². The number of rotatable bonds is 6. The van der Waals surface area contributed by atoms with E-state index in [9.17, 15) is 0 Å². The van der Waals surface area contributed by atoms with Crippen molar-refractivity contribution in [3.8, 4) is 0 Å². The van der Waals surface area contributed by atoms with E-state index in [-0.39, 0.29) is 5.54 Å². The van der Waals surface area contributed by atoms with Gasteiger partial charge in [-0.1, -0.05) is 6.42 Å². The molecule has 0 aliphatic carbocycles. The molecule has 0 atom stereocenters. The van der Waals surface area contributed by atoms with E-state index in [1.54, 1.807) is 0 Å². The van der Waals surface area contributed by atoms with Crippen molar-refractivity contribution in [2.75, 3.05) is 64.1 Å². The molecule has 0 amide bonds. The molecular formula is C19H32N4O2S. The molecule has 26 heavy (non-hydrogen) atoms. The average molecular weight is 381 g/mol. The molecule has 0 saturated carbocycles. The summed E-state index contributed by atoms with van der Waals surface area (Å²) in [7, 11) is 0. The SMILES string of the molecule is c1nc(N2CCOCC2)sc1CNCC1(N2CCCCC2)CCOCC1. The van der Waals surface area contributed by atoms with Gasteiger partial charge < -0.3 is 19.7 Å². The Morgan fingerprint density at radius 2 is 1.73 bits per heavy atom. The molecule has 6 nitrogen and oxygen atoms in total. The van der Waals surface area contributed by atoms with Crippen LogP contribution in [0.2, 0.25) is 0 Å². The van der Waals surface area contributed by atoms with Crippen LogP contribution in [0, 0.1) is 0 Å². The lowest BCUT2D eigenvalue weighted by molar-refractivity contribution is -0.0357. The third-order valence-electron chi connectivity index (χ3n) is 6.03. The van der Waals surface area contributed by atoms with Crippen LogP contribution in [-0.2, 0) is 16.0 Å². The highest BCUT2D eigenvalue weighted by molar-refractivity contribution is 7.15. The summed E-state index contributed by atoms with van der Waals surface area (Å²) in [5, 5.41) is 4.90. The summed E-state index contributed by atoms with van der Waals surface area (Å²) in [5.41, 5.74) is 0.288. The van der Waals surface area contributed by atoms with Crippen molar-refractivity contribution in [3.63, 3.8) is 0 Å². The van der Waals surface area contributed by atoms with Crippen molar-refractivity contribution in [2.24, 2.45) is 0 Å². The number of hydrogen-bond donors (Lipinski definition) is 1. The predicted octanol–water partition coefficient (Wildman–Crippen LogP) is 2.10. The number of likely N-dealkylation sites (tertiary alicyclic amines) is 1. The van der Waals surface area contributed by atoms with Gasteiger partial charge in [0, 0.05) is 56.0 Å². The molecule has 0 bridgehead atoms. The fourth-order valence-corrected chi connectivity index (χ4v) is 5.35. The third kappa shape index (κ3) is 4.39. The zero-order valence-corrected chi connectivity index (χ0v) is 16.6. The van der Waals surface area contributed by atoms with E-state index in [1.165, 1.54) is 37.2 Å². The largest absolute Gasteiger partial charge is 0.381 e. The minimum absolute atomic E-state index is 0.288. The molecule has 3 fully saturated rings. The fourth-order valence-electron chi connectivity index (χ4n) is 4.42. The van der Waals surface area contributed by atoms with Gasteiger partial charge >= 0.3 is 0 Å². The van der Waals surface area contributed by atoms with Crippen LogP contribution < -0.4 is 10.2 Å². The second-order valence-electron chi connectivity index (χ2n) is 7.70. The van der Waals surface area contributed by atoms with Gasteiger partial charge in [0.25, 0.3) is 0 Å². The highest BCUT2D eigenvalue weighted by Crippen LogP contribution is 2.30. The molecule has 1 aromatic rings. The summed E-state index contributed by atoms with van der Waals surface area (Å²) in [5.74, 6) is 0. The second-order valence-corrected chi connectivity index (χ2v) is 8.79. The number of ether oxygens (including phenoxy) is 2. The van der Waals surface area contributed by atoms with Crippen molar-refractivity contribution in [1.29, 1.82) is 0 Å². The molecule has 0 spiro atoms. The Bertz CT molecular complexity index is 549. The Hall–Kier alpha value is -0.730. The van der Waals surface area contributed by atoms with Gasteiger partial charge in [-0.2, -0.15) is 0 Å². The Morgan fingerprint density at radius 3 is 2.50 bits per heavy atom. The highest BCUT2D eigenvalue weighted by Gasteiger charge is 2.38. The Kier molecular flexibility index (Phi) is 6.43. The normalized spacial score (nSPS) is 24.7. The van der Waals surface area contributed by atoms with E-state index in [0.29, 0.717) is 0 Å². The molecule has 0 aromatic carbocycles. The van der Waals surface area contributed by atoms with Crippen molar-refractivity contribution >= 4 is 16.5 Å². The van der Waals surface area contributed by atoms with Crippen molar-refractivity contribution < 1.29 is 9.47 Å². The number of morpholine rings is 1. The summed E-state index contributed by atoms with van der Waals surface area (Å²) in [6.45, 7) is 9.82. The van der Waals surface area contributed by atoms with Crippen LogP contribution in [0.15, 0.2) is 6.20 Å². The number of nitrogens with zero attached hydrogens (tertiary/aromatic N) is 3. The second kappa shape index (κ2) is 8.97. The van der Waals surface area contributed by atoms with Gasteiger partial charge in [0.05, 0.1) is 13.2 Å². The van der Waals surface area contributed by atoms with Crippen molar-refractivity contribution in [1.82, 2.24) is 15.2 Å². The molecule has 0 radical (unpaired) electrons. The van der Waals surface area contributed by atoms with Crippen molar-refractivity contribution in [2.45, 2.75) is 44.2 Å². The van der Waals surface area contributed by atoms with Gasteiger partial charge in [-0.3, -0.25) is 4.90 Å². The molecule has 146 valence electrons. The van der Waals surface area contributed by atoms with Gasteiger partial charge in [-0.25, -0.2) is 4.98 Å². The van der Waals surface area contributed by atoms with E-state index in [1.807, 2.05) is 17.5 Å². The van der Waals surface area contributed by atoms with Crippen LogP contribution >= 0.6 is 11.3 Å². The number of thiazole rings is 1. The number of nitrogens with one attached hydrogen (secondary N) is 1. The number of aromatic nitrogens is 1. The van der Waals surface area contributed by atoms with Gasteiger partial charge in [0.2, 0.25) is 0 Å². The van der Waals surface area contributed by atoms with Crippen LogP contribution in [0.5, 0.6) is 0 Å². The first-order chi connectivity index (χ1) is 12.9. The van der Waals surface area contributed by atoms with Gasteiger partial charge in [0.1, 0.15) is 0 Å². The Morgan fingerprint density at radius 1 is 1.00 bits per heavy atom. The van der Waals surface area contributed by atoms with Crippen LogP contribution in [0.3, 0.4) is 0 Å². The van der Waals surface area contributed by atoms with Gasteiger partial charge in [0.15, 0.2) is 5.13 Å². The maximum atomic E-state index is 5.67. The molecule has 4 heterocycles. The number of piperidine rings is 1. The molecule has 0 unspecified atom stereocenters. The minimum Gasteiger partial charge on any atom is -0.381 e. The Labute approximate surface area is 160 Å². The zero-order chi connectivity index (χ0) is 17.7. The van der Waals surface area contributed by atoms with E-state index < -0.39 is 0 Å². The summed E-state index contributed by atoms with van der Waals surface area (Å²) >= 11 is 1.82. The van der Waals surface area contributed by atoms with E-state index in [0.717, 1.165) is 70.6 Å². The topological polar surface area (TPSA) is 49.9 Å². The highest BCUT2D eigenvalue weighted by atomic mass is 32.1. The summed E-state index contributed by atoms with van der Waals surface area (Å²) in [6, 6.07) is 0. The minimum atomic E-state index is 0.288. The zero-order valence-electron chi connectivity index (χ0n) is 15.8. The summed E-state index contributed by atoms with van der Waals surface area (Å²) in [4.78, 5) is 11.0. The van der Waals surface area contributed by atoms with E-state index in [2.05, 4.69) is 20.1 Å². The maximum absolute atomic E-state index is 5.67. The Balaban J connectivity index is 1.32. The number of hydrogen-bond acceptors (Lipinski definition) is 7. The first-order valence-corrected chi connectivity index (χ1v) is 11.0. The molecule has 7 heteroatoms.